The number of aryl methyl sites for hydroxylation is 2. The minimum atomic E-state index is -0.191. The Bertz CT molecular complexity index is 1200. The molecule has 0 amide bonds. The van der Waals surface area contributed by atoms with Crippen LogP contribution in [0.3, 0.4) is 0 Å². The lowest BCUT2D eigenvalue weighted by molar-refractivity contribution is 0.0880. The van der Waals surface area contributed by atoms with E-state index in [1.165, 1.54) is 0 Å². The average molecular weight is 407 g/mol. The van der Waals surface area contributed by atoms with Crippen LogP contribution < -0.4 is 19.8 Å². The molecule has 30 heavy (non-hydrogen) atoms. The first kappa shape index (κ1) is 19.0. The minimum Gasteiger partial charge on any atom is -0.493 e. The number of hydrogen-bond donors (Lipinski definition) is 0. The van der Waals surface area contributed by atoms with E-state index in [-0.39, 0.29) is 5.63 Å². The predicted octanol–water partition coefficient (Wildman–Crippen LogP) is 3.96. The van der Waals surface area contributed by atoms with E-state index in [9.17, 15) is 4.79 Å². The lowest BCUT2D eigenvalue weighted by Gasteiger charge is -2.30. The fourth-order valence-corrected chi connectivity index (χ4v) is 4.73. The van der Waals surface area contributed by atoms with Crippen molar-refractivity contribution < 1.29 is 18.6 Å². The van der Waals surface area contributed by atoms with Crippen LogP contribution in [0, 0.1) is 6.92 Å². The first-order valence-electron chi connectivity index (χ1n) is 10.3. The number of methoxy groups -OCH3 is 2. The molecule has 5 rings (SSSR count). The molecule has 0 fully saturated rings. The Morgan fingerprint density at radius 1 is 1.07 bits per heavy atom. The molecule has 6 heteroatoms. The molecule has 1 aliphatic heterocycles. The van der Waals surface area contributed by atoms with Gasteiger partial charge in [-0.1, -0.05) is 6.07 Å². The number of rotatable bonds is 4. The van der Waals surface area contributed by atoms with Crippen molar-refractivity contribution in [3.05, 3.63) is 62.5 Å². The maximum Gasteiger partial charge on any atom is 0.339 e. The Morgan fingerprint density at radius 3 is 2.67 bits per heavy atom. The van der Waals surface area contributed by atoms with Crippen molar-refractivity contribution in [2.24, 2.45) is 0 Å². The van der Waals surface area contributed by atoms with Crippen LogP contribution in [0.5, 0.6) is 17.2 Å². The van der Waals surface area contributed by atoms with E-state index in [1.54, 1.807) is 14.2 Å². The molecule has 0 N–H and O–H groups in total. The van der Waals surface area contributed by atoms with Crippen LogP contribution in [-0.2, 0) is 25.9 Å². The molecule has 1 aliphatic carbocycles. The summed E-state index contributed by atoms with van der Waals surface area (Å²) in [5.41, 5.74) is 5.67. The van der Waals surface area contributed by atoms with E-state index in [1.807, 2.05) is 25.1 Å². The quantitative estimate of drug-likeness (QED) is 0.610. The summed E-state index contributed by atoms with van der Waals surface area (Å²) in [6.07, 6.45) is 2.76. The van der Waals surface area contributed by atoms with E-state index in [0.29, 0.717) is 12.3 Å². The van der Waals surface area contributed by atoms with Crippen LogP contribution in [0.4, 0.5) is 0 Å². The molecule has 2 aliphatic rings. The van der Waals surface area contributed by atoms with Crippen molar-refractivity contribution in [1.82, 2.24) is 4.90 Å². The van der Waals surface area contributed by atoms with Crippen molar-refractivity contribution in [2.45, 2.75) is 39.3 Å². The molecular formula is C24H25NO5. The number of nitrogens with zero attached hydrogens (tertiary/aromatic N) is 1. The Morgan fingerprint density at radius 2 is 1.87 bits per heavy atom. The number of hydrogen-bond acceptors (Lipinski definition) is 6. The molecule has 0 bridgehead atoms. The largest absolute Gasteiger partial charge is 0.493 e. The lowest BCUT2D eigenvalue weighted by atomic mass is 9.99. The van der Waals surface area contributed by atoms with Gasteiger partial charge in [-0.3, -0.25) is 4.90 Å². The van der Waals surface area contributed by atoms with E-state index < -0.39 is 0 Å². The maximum atomic E-state index is 12.4. The number of benzene rings is 2. The van der Waals surface area contributed by atoms with Crippen molar-refractivity contribution >= 4 is 11.0 Å². The van der Waals surface area contributed by atoms with Crippen molar-refractivity contribution in [3.63, 3.8) is 0 Å². The normalized spacial score (nSPS) is 15.6. The van der Waals surface area contributed by atoms with E-state index in [4.69, 9.17) is 18.6 Å². The van der Waals surface area contributed by atoms with Gasteiger partial charge in [0, 0.05) is 35.2 Å². The van der Waals surface area contributed by atoms with Crippen LogP contribution in [0.2, 0.25) is 0 Å². The van der Waals surface area contributed by atoms with Gasteiger partial charge in [0.15, 0.2) is 11.5 Å². The Labute approximate surface area is 175 Å². The molecule has 156 valence electrons. The second-order valence-electron chi connectivity index (χ2n) is 8.02. The summed E-state index contributed by atoms with van der Waals surface area (Å²) in [5, 5.41) is 1.06. The van der Waals surface area contributed by atoms with Crippen molar-refractivity contribution in [2.75, 3.05) is 21.0 Å². The summed E-state index contributed by atoms with van der Waals surface area (Å²) in [5.74, 6) is 2.28. The third-order valence-corrected chi connectivity index (χ3v) is 6.16. The molecule has 2 heterocycles. The summed E-state index contributed by atoms with van der Waals surface area (Å²) in [7, 11) is 3.28. The lowest BCUT2D eigenvalue weighted by Crippen LogP contribution is -2.32. The molecule has 0 saturated carbocycles. The predicted molar refractivity (Wildman–Crippen MR) is 114 cm³/mol. The first-order valence-corrected chi connectivity index (χ1v) is 10.3. The average Bonchev–Trinajstić information content (AvgIpc) is 3.26. The van der Waals surface area contributed by atoms with Gasteiger partial charge >= 0.3 is 5.63 Å². The fraction of sp³-hybridized carbons (Fsp3) is 0.375. The molecule has 0 atom stereocenters. The third-order valence-electron chi connectivity index (χ3n) is 6.16. The second-order valence-corrected chi connectivity index (χ2v) is 8.02. The van der Waals surface area contributed by atoms with Gasteiger partial charge in [0.2, 0.25) is 0 Å². The Hall–Kier alpha value is -2.99. The molecule has 0 radical (unpaired) electrons. The number of ether oxygens (including phenoxy) is 3. The van der Waals surface area contributed by atoms with Gasteiger partial charge in [-0.15, -0.1) is 0 Å². The van der Waals surface area contributed by atoms with Gasteiger partial charge in [-0.2, -0.15) is 0 Å². The van der Waals surface area contributed by atoms with Gasteiger partial charge in [-0.05, 0) is 55.5 Å². The van der Waals surface area contributed by atoms with Gasteiger partial charge in [-0.25, -0.2) is 4.79 Å². The summed E-state index contributed by atoms with van der Waals surface area (Å²) in [6.45, 7) is 3.96. The number of fused-ring (bicyclic) bond motifs is 4. The highest BCUT2D eigenvalue weighted by molar-refractivity contribution is 5.87. The topological polar surface area (TPSA) is 61.1 Å². The zero-order chi connectivity index (χ0) is 20.8. The molecule has 3 aromatic rings. The monoisotopic (exact) mass is 407 g/mol. The van der Waals surface area contributed by atoms with Gasteiger partial charge in [0.05, 0.1) is 14.2 Å². The van der Waals surface area contributed by atoms with Crippen LogP contribution in [0.25, 0.3) is 11.0 Å². The van der Waals surface area contributed by atoms with Crippen LogP contribution in [0.1, 0.15) is 34.2 Å². The highest BCUT2D eigenvalue weighted by Gasteiger charge is 2.26. The molecule has 6 nitrogen and oxygen atoms in total. The smallest absolute Gasteiger partial charge is 0.339 e. The molecule has 0 saturated heterocycles. The highest BCUT2D eigenvalue weighted by atomic mass is 16.5. The summed E-state index contributed by atoms with van der Waals surface area (Å²) < 4.78 is 22.6. The standard InChI is InChI=1S/C24H25NO5/c1-14-22-16(10-19-17-5-4-6-18(17)24(26)30-23(14)19)12-25(13-29-22)11-15-7-8-20(27-2)21(9-15)28-3/h7-10H,4-6,11-13H2,1-3H3. The van der Waals surface area contributed by atoms with Gasteiger partial charge in [0.1, 0.15) is 18.1 Å². The van der Waals surface area contributed by atoms with Gasteiger partial charge < -0.3 is 18.6 Å². The molecule has 1 aromatic heterocycles. The van der Waals surface area contributed by atoms with E-state index in [2.05, 4.69) is 11.0 Å². The Balaban J connectivity index is 1.48. The van der Waals surface area contributed by atoms with Crippen LogP contribution in [0.15, 0.2) is 33.5 Å². The van der Waals surface area contributed by atoms with Crippen LogP contribution >= 0.6 is 0 Å². The molecule has 2 aromatic carbocycles. The molecular weight excluding hydrogens is 382 g/mol. The summed E-state index contributed by atoms with van der Waals surface area (Å²) in [4.78, 5) is 14.6. The van der Waals surface area contributed by atoms with E-state index >= 15 is 0 Å². The van der Waals surface area contributed by atoms with E-state index in [0.717, 1.165) is 82.8 Å². The molecule has 0 spiro atoms. The first-order chi connectivity index (χ1) is 14.6. The van der Waals surface area contributed by atoms with Crippen molar-refractivity contribution in [1.29, 1.82) is 0 Å². The zero-order valence-electron chi connectivity index (χ0n) is 17.5. The summed E-state index contributed by atoms with van der Waals surface area (Å²) in [6, 6.07) is 8.13. The van der Waals surface area contributed by atoms with Crippen LogP contribution in [-0.4, -0.2) is 25.9 Å². The zero-order valence-corrected chi connectivity index (χ0v) is 17.5. The Kier molecular flexibility index (Phi) is 4.66. The van der Waals surface area contributed by atoms with Gasteiger partial charge in [0.25, 0.3) is 0 Å². The second kappa shape index (κ2) is 7.36. The third kappa shape index (κ3) is 3.03. The highest BCUT2D eigenvalue weighted by Crippen LogP contribution is 2.38. The maximum absolute atomic E-state index is 12.4. The SMILES string of the molecule is COc1ccc(CN2COc3c(cc4c5c(c(=O)oc4c3C)CCC5)C2)cc1OC. The fourth-order valence-electron chi connectivity index (χ4n) is 4.73. The summed E-state index contributed by atoms with van der Waals surface area (Å²) >= 11 is 0. The molecule has 0 unspecified atom stereocenters. The minimum absolute atomic E-state index is 0.191. The van der Waals surface area contributed by atoms with Crippen molar-refractivity contribution in [3.8, 4) is 17.2 Å².